The van der Waals surface area contributed by atoms with Gasteiger partial charge in [-0.25, -0.2) is 4.79 Å². The number of urea groups is 1. The second-order valence-electron chi connectivity index (χ2n) is 6.43. The van der Waals surface area contributed by atoms with Crippen molar-refractivity contribution in [3.63, 3.8) is 0 Å². The van der Waals surface area contributed by atoms with Crippen LogP contribution in [0.15, 0.2) is 36.5 Å². The number of carbonyl (C=O) groups excluding carboxylic acids is 1. The zero-order chi connectivity index (χ0) is 17.1. The van der Waals surface area contributed by atoms with Gasteiger partial charge in [-0.3, -0.25) is 9.78 Å². The summed E-state index contributed by atoms with van der Waals surface area (Å²) in [4.78, 5) is 29.6. The van der Waals surface area contributed by atoms with E-state index in [2.05, 4.69) is 10.3 Å². The monoisotopic (exact) mass is 327 g/mol. The van der Waals surface area contributed by atoms with Crippen molar-refractivity contribution in [1.29, 1.82) is 0 Å². The van der Waals surface area contributed by atoms with Crippen molar-refractivity contribution in [1.82, 2.24) is 15.2 Å². The van der Waals surface area contributed by atoms with Gasteiger partial charge < -0.3 is 15.3 Å². The van der Waals surface area contributed by atoms with E-state index in [1.165, 1.54) is 0 Å². The molecule has 1 aliphatic rings. The SMILES string of the molecule is CC1CC(C(=O)O)CN(C(=O)NCc2cccc3cccnc23)C1. The number of likely N-dealkylation sites (tertiary alicyclic amines) is 1. The molecule has 0 bridgehead atoms. The van der Waals surface area contributed by atoms with Gasteiger partial charge in [0.2, 0.25) is 0 Å². The summed E-state index contributed by atoms with van der Waals surface area (Å²) in [5.41, 5.74) is 1.82. The lowest BCUT2D eigenvalue weighted by molar-refractivity contribution is -0.143. The van der Waals surface area contributed by atoms with Crippen LogP contribution in [0.1, 0.15) is 18.9 Å². The van der Waals surface area contributed by atoms with Gasteiger partial charge in [-0.15, -0.1) is 0 Å². The molecule has 126 valence electrons. The zero-order valence-corrected chi connectivity index (χ0v) is 13.6. The third-order valence-electron chi connectivity index (χ3n) is 4.44. The van der Waals surface area contributed by atoms with E-state index in [0.29, 0.717) is 19.5 Å². The lowest BCUT2D eigenvalue weighted by Crippen LogP contribution is -2.49. The van der Waals surface area contributed by atoms with Crippen LogP contribution in [0.3, 0.4) is 0 Å². The second-order valence-corrected chi connectivity index (χ2v) is 6.43. The standard InChI is InChI=1S/C18H21N3O3/c1-12-8-15(17(22)23)11-21(10-12)18(24)20-9-14-5-2-4-13-6-3-7-19-16(13)14/h2-7,12,15H,8-11H2,1H3,(H,20,24)(H,22,23). The summed E-state index contributed by atoms with van der Waals surface area (Å²) < 4.78 is 0. The van der Waals surface area contributed by atoms with E-state index in [1.54, 1.807) is 11.1 Å². The van der Waals surface area contributed by atoms with E-state index in [0.717, 1.165) is 16.5 Å². The molecule has 1 aromatic heterocycles. The van der Waals surface area contributed by atoms with E-state index in [-0.39, 0.29) is 18.5 Å². The average Bonchev–Trinajstić information content (AvgIpc) is 2.59. The maximum absolute atomic E-state index is 12.4. The fourth-order valence-electron chi connectivity index (χ4n) is 3.29. The van der Waals surface area contributed by atoms with Crippen molar-refractivity contribution < 1.29 is 14.7 Å². The number of para-hydroxylation sites is 1. The summed E-state index contributed by atoms with van der Waals surface area (Å²) in [6, 6.07) is 9.50. The number of piperidine rings is 1. The van der Waals surface area contributed by atoms with Crippen LogP contribution in [-0.2, 0) is 11.3 Å². The third kappa shape index (κ3) is 3.48. The van der Waals surface area contributed by atoms with Gasteiger partial charge in [0.25, 0.3) is 0 Å². The number of rotatable bonds is 3. The molecule has 2 heterocycles. The molecular weight excluding hydrogens is 306 g/mol. The number of nitrogens with zero attached hydrogens (tertiary/aromatic N) is 2. The summed E-state index contributed by atoms with van der Waals surface area (Å²) in [7, 11) is 0. The molecule has 6 heteroatoms. The first kappa shape index (κ1) is 16.2. The van der Waals surface area contributed by atoms with Gasteiger partial charge in [0.15, 0.2) is 0 Å². The van der Waals surface area contributed by atoms with Crippen LogP contribution in [0.5, 0.6) is 0 Å². The molecule has 2 aromatic rings. The van der Waals surface area contributed by atoms with Gasteiger partial charge in [0.1, 0.15) is 0 Å². The van der Waals surface area contributed by atoms with Crippen LogP contribution in [0.2, 0.25) is 0 Å². The maximum Gasteiger partial charge on any atom is 0.317 e. The molecule has 2 atom stereocenters. The minimum atomic E-state index is -0.836. The summed E-state index contributed by atoms with van der Waals surface area (Å²) in [5.74, 6) is -1.14. The van der Waals surface area contributed by atoms with Crippen molar-refractivity contribution in [2.75, 3.05) is 13.1 Å². The molecule has 2 N–H and O–H groups in total. The number of aliphatic carboxylic acids is 1. The Labute approximate surface area is 140 Å². The van der Waals surface area contributed by atoms with Crippen LogP contribution < -0.4 is 5.32 Å². The number of nitrogens with one attached hydrogen (secondary N) is 1. The van der Waals surface area contributed by atoms with Crippen LogP contribution >= 0.6 is 0 Å². The summed E-state index contributed by atoms with van der Waals surface area (Å²) in [6.07, 6.45) is 2.35. The Morgan fingerprint density at radius 3 is 2.88 bits per heavy atom. The predicted octanol–water partition coefficient (Wildman–Crippen LogP) is 2.49. The highest BCUT2D eigenvalue weighted by atomic mass is 16.4. The first-order chi connectivity index (χ1) is 11.5. The Balaban J connectivity index is 1.67. The predicted molar refractivity (Wildman–Crippen MR) is 90.5 cm³/mol. The summed E-state index contributed by atoms with van der Waals surface area (Å²) >= 11 is 0. The van der Waals surface area contributed by atoms with E-state index in [1.807, 2.05) is 37.3 Å². The molecule has 24 heavy (non-hydrogen) atoms. The van der Waals surface area contributed by atoms with E-state index >= 15 is 0 Å². The molecule has 3 rings (SSSR count). The first-order valence-electron chi connectivity index (χ1n) is 8.13. The van der Waals surface area contributed by atoms with Gasteiger partial charge in [-0.05, 0) is 24.0 Å². The molecule has 1 aliphatic heterocycles. The lowest BCUT2D eigenvalue weighted by atomic mass is 9.91. The second kappa shape index (κ2) is 6.86. The number of carboxylic acids is 1. The molecule has 1 aromatic carbocycles. The largest absolute Gasteiger partial charge is 0.481 e. The number of benzene rings is 1. The lowest BCUT2D eigenvalue weighted by Gasteiger charge is -2.34. The average molecular weight is 327 g/mol. The normalized spacial score (nSPS) is 20.8. The molecular formula is C18H21N3O3. The molecule has 1 saturated heterocycles. The van der Waals surface area contributed by atoms with Crippen LogP contribution in [0.4, 0.5) is 4.79 Å². The van der Waals surface area contributed by atoms with Crippen LogP contribution in [0.25, 0.3) is 10.9 Å². The molecule has 1 fully saturated rings. The zero-order valence-electron chi connectivity index (χ0n) is 13.6. The van der Waals surface area contributed by atoms with E-state index in [4.69, 9.17) is 0 Å². The Morgan fingerprint density at radius 2 is 2.08 bits per heavy atom. The third-order valence-corrected chi connectivity index (χ3v) is 4.44. The number of hydrogen-bond donors (Lipinski definition) is 2. The number of hydrogen-bond acceptors (Lipinski definition) is 3. The Kier molecular flexibility index (Phi) is 4.64. The van der Waals surface area contributed by atoms with Crippen molar-refractivity contribution >= 4 is 22.9 Å². The highest BCUT2D eigenvalue weighted by Crippen LogP contribution is 2.22. The minimum Gasteiger partial charge on any atom is -0.481 e. The molecule has 0 radical (unpaired) electrons. The molecule has 0 saturated carbocycles. The van der Waals surface area contributed by atoms with Gasteiger partial charge in [-0.1, -0.05) is 31.2 Å². The molecule has 0 aliphatic carbocycles. The Morgan fingerprint density at radius 1 is 1.29 bits per heavy atom. The van der Waals surface area contributed by atoms with Crippen molar-refractivity contribution in [2.24, 2.45) is 11.8 Å². The summed E-state index contributed by atoms with van der Waals surface area (Å²) in [6.45, 7) is 3.20. The fraction of sp³-hybridized carbons (Fsp3) is 0.389. The van der Waals surface area contributed by atoms with Crippen molar-refractivity contribution in [3.8, 4) is 0 Å². The van der Waals surface area contributed by atoms with E-state index in [9.17, 15) is 14.7 Å². The quantitative estimate of drug-likeness (QED) is 0.907. The number of pyridine rings is 1. The van der Waals surface area contributed by atoms with E-state index < -0.39 is 11.9 Å². The Bertz CT molecular complexity index is 757. The Hall–Kier alpha value is -2.63. The van der Waals surface area contributed by atoms with Crippen LogP contribution in [0, 0.1) is 11.8 Å². The number of aromatic nitrogens is 1. The number of fused-ring (bicyclic) bond motifs is 1. The van der Waals surface area contributed by atoms with Gasteiger partial charge in [0, 0.05) is 31.2 Å². The molecule has 0 spiro atoms. The van der Waals surface area contributed by atoms with Gasteiger partial charge in [-0.2, -0.15) is 0 Å². The highest BCUT2D eigenvalue weighted by Gasteiger charge is 2.31. The minimum absolute atomic E-state index is 0.185. The molecule has 2 amide bonds. The van der Waals surface area contributed by atoms with Gasteiger partial charge >= 0.3 is 12.0 Å². The number of carbonyl (C=O) groups is 2. The maximum atomic E-state index is 12.4. The molecule has 2 unspecified atom stereocenters. The first-order valence-corrected chi connectivity index (χ1v) is 8.13. The smallest absolute Gasteiger partial charge is 0.317 e. The fourth-order valence-corrected chi connectivity index (χ4v) is 3.29. The topological polar surface area (TPSA) is 82.5 Å². The number of amides is 2. The summed E-state index contributed by atoms with van der Waals surface area (Å²) in [5, 5.41) is 13.1. The molecule has 6 nitrogen and oxygen atoms in total. The van der Waals surface area contributed by atoms with Crippen molar-refractivity contribution in [2.45, 2.75) is 19.9 Å². The number of carboxylic acid groups (broad SMARTS) is 1. The highest BCUT2D eigenvalue weighted by molar-refractivity contribution is 5.82. The van der Waals surface area contributed by atoms with Gasteiger partial charge in [0.05, 0.1) is 11.4 Å². The van der Waals surface area contributed by atoms with Crippen molar-refractivity contribution in [3.05, 3.63) is 42.1 Å². The van der Waals surface area contributed by atoms with Crippen LogP contribution in [-0.4, -0.2) is 40.1 Å².